The van der Waals surface area contributed by atoms with Crippen LogP contribution in [0, 0.1) is 5.82 Å². The Labute approximate surface area is 219 Å². The van der Waals surface area contributed by atoms with Crippen molar-refractivity contribution >= 4 is 44.7 Å². The van der Waals surface area contributed by atoms with Gasteiger partial charge in [0.15, 0.2) is 5.78 Å². The number of benzene rings is 4. The molecule has 0 aliphatic rings. The molecule has 0 spiro atoms. The summed E-state index contributed by atoms with van der Waals surface area (Å²) in [6.07, 6.45) is 1.03. The molecule has 0 unspecified atom stereocenters. The van der Waals surface area contributed by atoms with Gasteiger partial charge in [-0.1, -0.05) is 60.1 Å². The third-order valence-electron chi connectivity index (χ3n) is 5.60. The summed E-state index contributed by atoms with van der Waals surface area (Å²) in [7, 11) is -3.74. The van der Waals surface area contributed by atoms with Crippen LogP contribution in [0.3, 0.4) is 0 Å². The Kier molecular flexibility index (Phi) is 7.71. The molecular weight excluding hydrogens is 515 g/mol. The van der Waals surface area contributed by atoms with Gasteiger partial charge in [-0.05, 0) is 48.5 Å². The first-order valence-corrected chi connectivity index (χ1v) is 13.4. The van der Waals surface area contributed by atoms with Gasteiger partial charge < -0.3 is 5.32 Å². The minimum absolute atomic E-state index is 0.202. The average Bonchev–Trinajstić information content (AvgIpc) is 2.88. The molecule has 4 aromatic rings. The van der Waals surface area contributed by atoms with Gasteiger partial charge in [0.05, 0.1) is 24.2 Å². The third kappa shape index (κ3) is 6.22. The molecule has 1 amide bonds. The first-order valence-electron chi connectivity index (χ1n) is 11.2. The predicted octanol–water partition coefficient (Wildman–Crippen LogP) is 5.93. The molecule has 0 heterocycles. The van der Waals surface area contributed by atoms with Gasteiger partial charge in [0.25, 0.3) is 5.91 Å². The van der Waals surface area contributed by atoms with Crippen LogP contribution in [0.15, 0.2) is 97.1 Å². The Hall–Kier alpha value is -4.01. The molecule has 4 aromatic carbocycles. The van der Waals surface area contributed by atoms with Crippen LogP contribution in [0.4, 0.5) is 15.8 Å². The highest BCUT2D eigenvalue weighted by Crippen LogP contribution is 2.26. The molecule has 4 rings (SSSR count). The van der Waals surface area contributed by atoms with Crippen LogP contribution in [-0.4, -0.2) is 26.4 Å². The van der Waals surface area contributed by atoms with Crippen molar-refractivity contribution in [2.45, 2.75) is 6.54 Å². The molecule has 0 radical (unpaired) electrons. The van der Waals surface area contributed by atoms with Gasteiger partial charge in [-0.15, -0.1) is 0 Å². The fourth-order valence-corrected chi connectivity index (χ4v) is 4.76. The molecule has 0 aromatic heterocycles. The van der Waals surface area contributed by atoms with E-state index in [4.69, 9.17) is 11.6 Å². The van der Waals surface area contributed by atoms with Crippen molar-refractivity contribution in [2.75, 3.05) is 15.9 Å². The summed E-state index contributed by atoms with van der Waals surface area (Å²) >= 11 is 6.11. The first kappa shape index (κ1) is 26.1. The van der Waals surface area contributed by atoms with Crippen molar-refractivity contribution in [1.29, 1.82) is 0 Å². The average molecular weight is 537 g/mol. The number of halogens is 2. The SMILES string of the molecule is CS(=O)(=O)N(Cc1ccccc1F)c1ccc(C(=O)Nc2ccc(Cl)cc2C(=O)c2ccccc2)cc1. The Bertz CT molecular complexity index is 1560. The molecule has 0 saturated heterocycles. The number of hydrogen-bond acceptors (Lipinski definition) is 4. The summed E-state index contributed by atoms with van der Waals surface area (Å²) < 4.78 is 40.1. The van der Waals surface area contributed by atoms with E-state index >= 15 is 0 Å². The second-order valence-corrected chi connectivity index (χ2v) is 10.6. The van der Waals surface area contributed by atoms with Crippen molar-refractivity contribution in [3.8, 4) is 0 Å². The van der Waals surface area contributed by atoms with E-state index in [-0.39, 0.29) is 40.4 Å². The van der Waals surface area contributed by atoms with E-state index < -0.39 is 21.7 Å². The Balaban J connectivity index is 1.58. The predicted molar refractivity (Wildman–Crippen MR) is 143 cm³/mol. The summed E-state index contributed by atoms with van der Waals surface area (Å²) in [6.45, 7) is -0.202. The molecule has 0 aliphatic heterocycles. The summed E-state index contributed by atoms with van der Waals surface area (Å²) in [6, 6.07) is 25.0. The fraction of sp³-hybridized carbons (Fsp3) is 0.0714. The number of ketones is 1. The second kappa shape index (κ2) is 10.9. The highest BCUT2D eigenvalue weighted by molar-refractivity contribution is 7.92. The molecular formula is C28H22ClFN2O4S. The van der Waals surface area contributed by atoms with Gasteiger partial charge in [0.2, 0.25) is 10.0 Å². The maximum absolute atomic E-state index is 14.1. The van der Waals surface area contributed by atoms with Gasteiger partial charge in [-0.2, -0.15) is 0 Å². The van der Waals surface area contributed by atoms with Crippen molar-refractivity contribution in [2.24, 2.45) is 0 Å². The Morgan fingerprint density at radius 3 is 2.16 bits per heavy atom. The number of nitrogens with one attached hydrogen (secondary N) is 1. The zero-order valence-corrected chi connectivity index (χ0v) is 21.3. The minimum atomic E-state index is -3.74. The van der Waals surface area contributed by atoms with Crippen LogP contribution in [0.2, 0.25) is 5.02 Å². The molecule has 6 nitrogen and oxygen atoms in total. The Morgan fingerprint density at radius 2 is 1.51 bits per heavy atom. The van der Waals surface area contributed by atoms with Crippen LogP contribution < -0.4 is 9.62 Å². The molecule has 9 heteroatoms. The number of amides is 1. The number of nitrogens with zero attached hydrogens (tertiary/aromatic N) is 1. The monoisotopic (exact) mass is 536 g/mol. The summed E-state index contributed by atoms with van der Waals surface area (Å²) in [5, 5.41) is 3.08. The zero-order chi connectivity index (χ0) is 26.6. The van der Waals surface area contributed by atoms with E-state index in [1.165, 1.54) is 48.5 Å². The van der Waals surface area contributed by atoms with Crippen molar-refractivity contribution in [1.82, 2.24) is 0 Å². The fourth-order valence-electron chi connectivity index (χ4n) is 3.71. The summed E-state index contributed by atoms with van der Waals surface area (Å²) in [4.78, 5) is 26.0. The van der Waals surface area contributed by atoms with Crippen molar-refractivity contribution in [3.63, 3.8) is 0 Å². The smallest absolute Gasteiger partial charge is 0.255 e. The lowest BCUT2D eigenvalue weighted by Gasteiger charge is -2.23. The maximum Gasteiger partial charge on any atom is 0.255 e. The minimum Gasteiger partial charge on any atom is -0.321 e. The number of rotatable bonds is 8. The van der Waals surface area contributed by atoms with Gasteiger partial charge >= 0.3 is 0 Å². The molecule has 0 saturated carbocycles. The number of anilines is 2. The largest absolute Gasteiger partial charge is 0.321 e. The number of hydrogen-bond donors (Lipinski definition) is 1. The topological polar surface area (TPSA) is 83.6 Å². The van der Waals surface area contributed by atoms with E-state index in [0.717, 1.165) is 10.6 Å². The van der Waals surface area contributed by atoms with Crippen LogP contribution in [0.5, 0.6) is 0 Å². The Morgan fingerprint density at radius 1 is 0.865 bits per heavy atom. The lowest BCUT2D eigenvalue weighted by molar-refractivity contribution is 0.102. The van der Waals surface area contributed by atoms with Crippen LogP contribution in [-0.2, 0) is 16.6 Å². The van der Waals surface area contributed by atoms with E-state index in [1.807, 2.05) is 0 Å². The van der Waals surface area contributed by atoms with Crippen molar-refractivity contribution in [3.05, 3.63) is 130 Å². The van der Waals surface area contributed by atoms with E-state index in [0.29, 0.717) is 10.6 Å². The number of carbonyl (C=O) groups is 2. The number of sulfonamides is 1. The van der Waals surface area contributed by atoms with Crippen LogP contribution in [0.25, 0.3) is 0 Å². The van der Waals surface area contributed by atoms with Gasteiger partial charge in [-0.25, -0.2) is 12.8 Å². The molecule has 0 aliphatic carbocycles. The van der Waals surface area contributed by atoms with Crippen molar-refractivity contribution < 1.29 is 22.4 Å². The van der Waals surface area contributed by atoms with Gasteiger partial charge in [0, 0.05) is 27.3 Å². The molecule has 1 N–H and O–H groups in total. The molecule has 0 fully saturated rings. The third-order valence-corrected chi connectivity index (χ3v) is 6.98. The van der Waals surface area contributed by atoms with E-state index in [2.05, 4.69) is 5.32 Å². The van der Waals surface area contributed by atoms with Crippen LogP contribution in [0.1, 0.15) is 31.8 Å². The molecule has 0 atom stereocenters. The quantitative estimate of drug-likeness (QED) is 0.283. The zero-order valence-electron chi connectivity index (χ0n) is 19.7. The standard InChI is InChI=1S/C28H22ClFN2O4S/c1-37(35,36)32(18-21-9-5-6-10-25(21)30)23-14-11-20(12-15-23)28(34)31-26-16-13-22(29)17-24(26)27(33)19-7-3-2-4-8-19/h2-17H,18H2,1H3,(H,31,34). The maximum atomic E-state index is 14.1. The van der Waals surface area contributed by atoms with Crippen LogP contribution >= 0.6 is 11.6 Å². The summed E-state index contributed by atoms with van der Waals surface area (Å²) in [5.74, 6) is -1.32. The first-order chi connectivity index (χ1) is 17.6. The molecule has 0 bridgehead atoms. The van der Waals surface area contributed by atoms with Gasteiger partial charge in [0.1, 0.15) is 5.82 Å². The normalized spacial score (nSPS) is 11.1. The molecule has 188 valence electrons. The van der Waals surface area contributed by atoms with E-state index in [9.17, 15) is 22.4 Å². The highest BCUT2D eigenvalue weighted by Gasteiger charge is 2.21. The lowest BCUT2D eigenvalue weighted by Crippen LogP contribution is -2.29. The summed E-state index contributed by atoms with van der Waals surface area (Å²) in [5.41, 5.74) is 1.68. The lowest BCUT2D eigenvalue weighted by atomic mass is 10.0. The number of carbonyl (C=O) groups excluding carboxylic acids is 2. The molecule has 37 heavy (non-hydrogen) atoms. The van der Waals surface area contributed by atoms with Gasteiger partial charge in [-0.3, -0.25) is 13.9 Å². The van der Waals surface area contributed by atoms with E-state index in [1.54, 1.807) is 48.5 Å². The second-order valence-electron chi connectivity index (χ2n) is 8.25. The highest BCUT2D eigenvalue weighted by atomic mass is 35.5.